The SMILES string of the molecule is C=C(C)C(=N/C=C\C)N1CCN(C(=O)c2cc(CN3CCN(/C(=C/C=C\C)C(=C)C)CC3)c(C)cc2C)CC1. The molecule has 210 valence electrons. The van der Waals surface area contributed by atoms with Crippen molar-refractivity contribution in [3.8, 4) is 0 Å². The van der Waals surface area contributed by atoms with Crippen LogP contribution in [0.2, 0.25) is 0 Å². The van der Waals surface area contributed by atoms with Crippen LogP contribution in [0.4, 0.5) is 0 Å². The molecule has 2 saturated heterocycles. The van der Waals surface area contributed by atoms with Crippen molar-refractivity contribution >= 4 is 11.7 Å². The van der Waals surface area contributed by atoms with E-state index in [-0.39, 0.29) is 5.91 Å². The van der Waals surface area contributed by atoms with Gasteiger partial charge in [0.25, 0.3) is 5.91 Å². The number of benzene rings is 1. The van der Waals surface area contributed by atoms with Gasteiger partial charge in [0.1, 0.15) is 5.84 Å². The van der Waals surface area contributed by atoms with Crippen molar-refractivity contribution in [1.29, 1.82) is 0 Å². The van der Waals surface area contributed by atoms with Crippen LogP contribution in [0, 0.1) is 13.8 Å². The van der Waals surface area contributed by atoms with Gasteiger partial charge in [-0.05, 0) is 81.5 Å². The van der Waals surface area contributed by atoms with Gasteiger partial charge in [0, 0.05) is 76.4 Å². The van der Waals surface area contributed by atoms with E-state index in [1.807, 2.05) is 31.7 Å². The molecule has 0 saturated carbocycles. The number of allylic oxidation sites excluding steroid dienone is 5. The molecule has 2 fully saturated rings. The summed E-state index contributed by atoms with van der Waals surface area (Å²) in [6.07, 6.45) is 10.0. The van der Waals surface area contributed by atoms with Crippen LogP contribution in [0.15, 0.2) is 77.6 Å². The number of piperazine rings is 2. The van der Waals surface area contributed by atoms with Gasteiger partial charge in [0.2, 0.25) is 0 Å². The van der Waals surface area contributed by atoms with E-state index in [9.17, 15) is 4.79 Å². The van der Waals surface area contributed by atoms with Crippen molar-refractivity contribution < 1.29 is 4.79 Å². The highest BCUT2D eigenvalue weighted by Gasteiger charge is 2.26. The van der Waals surface area contributed by atoms with E-state index in [1.165, 1.54) is 16.8 Å². The van der Waals surface area contributed by atoms with Crippen LogP contribution in [0.3, 0.4) is 0 Å². The Kier molecular flexibility index (Phi) is 10.9. The van der Waals surface area contributed by atoms with Crippen LogP contribution >= 0.6 is 0 Å². The number of rotatable bonds is 8. The second kappa shape index (κ2) is 14.1. The molecule has 0 N–H and O–H groups in total. The third-order valence-electron chi connectivity index (χ3n) is 7.50. The van der Waals surface area contributed by atoms with E-state index in [1.54, 1.807) is 6.20 Å². The van der Waals surface area contributed by atoms with Crippen LogP contribution in [-0.2, 0) is 6.54 Å². The molecule has 1 aromatic carbocycles. The van der Waals surface area contributed by atoms with Crippen molar-refractivity contribution in [3.63, 3.8) is 0 Å². The Morgan fingerprint density at radius 3 is 2.03 bits per heavy atom. The van der Waals surface area contributed by atoms with Crippen LogP contribution in [0.25, 0.3) is 0 Å². The fraction of sp³-hybridized carbons (Fsp3) is 0.455. The zero-order valence-corrected chi connectivity index (χ0v) is 25.0. The maximum Gasteiger partial charge on any atom is 0.254 e. The van der Waals surface area contributed by atoms with E-state index in [4.69, 9.17) is 0 Å². The monoisotopic (exact) mass is 529 g/mol. The minimum absolute atomic E-state index is 0.126. The molecule has 0 unspecified atom stereocenters. The largest absolute Gasteiger partial charge is 0.369 e. The molecule has 0 atom stereocenters. The Bertz CT molecular complexity index is 1170. The smallest absolute Gasteiger partial charge is 0.254 e. The zero-order valence-electron chi connectivity index (χ0n) is 25.0. The molecule has 3 rings (SSSR count). The first-order valence-electron chi connectivity index (χ1n) is 14.1. The van der Waals surface area contributed by atoms with E-state index >= 15 is 0 Å². The van der Waals surface area contributed by atoms with Crippen LogP contribution in [0.5, 0.6) is 0 Å². The lowest BCUT2D eigenvalue weighted by Crippen LogP contribution is -2.51. The molecule has 0 bridgehead atoms. The Morgan fingerprint density at radius 2 is 1.46 bits per heavy atom. The van der Waals surface area contributed by atoms with E-state index in [2.05, 4.69) is 84.0 Å². The predicted octanol–water partition coefficient (Wildman–Crippen LogP) is 5.72. The van der Waals surface area contributed by atoms with Gasteiger partial charge in [-0.25, -0.2) is 4.99 Å². The number of aliphatic imine (C=N–C) groups is 1. The van der Waals surface area contributed by atoms with Crippen LogP contribution in [0.1, 0.15) is 54.7 Å². The van der Waals surface area contributed by atoms with Crippen molar-refractivity contribution in [3.05, 3.63) is 94.9 Å². The fourth-order valence-electron chi connectivity index (χ4n) is 5.29. The Labute approximate surface area is 236 Å². The van der Waals surface area contributed by atoms with Gasteiger partial charge in [0.05, 0.1) is 0 Å². The summed E-state index contributed by atoms with van der Waals surface area (Å²) in [5.41, 5.74) is 7.62. The maximum absolute atomic E-state index is 13.6. The van der Waals surface area contributed by atoms with E-state index in [0.717, 1.165) is 73.9 Å². The molecular weight excluding hydrogens is 482 g/mol. The second-order valence-corrected chi connectivity index (χ2v) is 10.7. The molecule has 0 aromatic heterocycles. The molecule has 0 spiro atoms. The van der Waals surface area contributed by atoms with Gasteiger partial charge in [-0.1, -0.05) is 37.5 Å². The number of nitrogens with zero attached hydrogens (tertiary/aromatic N) is 5. The molecule has 1 aromatic rings. The van der Waals surface area contributed by atoms with Crippen LogP contribution in [-0.4, -0.2) is 83.7 Å². The standard InChI is InChI=1S/C33H47N5O/c1-9-11-12-31(25(3)4)36-16-14-35(15-17-36)24-29-23-30(28(8)22-27(29)7)33(39)38-20-18-37(19-21-38)32(26(5)6)34-13-10-2/h9-13,22-23H,3,5,14-21,24H2,1-2,4,6-8H3/b11-9-,13-10-,31-12+,34-32?. The summed E-state index contributed by atoms with van der Waals surface area (Å²) < 4.78 is 0. The molecule has 39 heavy (non-hydrogen) atoms. The van der Waals surface area contributed by atoms with Crippen molar-refractivity contribution in [2.75, 3.05) is 52.4 Å². The summed E-state index contributed by atoms with van der Waals surface area (Å²) in [5.74, 6) is 1.03. The number of carbonyl (C=O) groups excluding carboxylic acids is 1. The summed E-state index contributed by atoms with van der Waals surface area (Å²) >= 11 is 0. The summed E-state index contributed by atoms with van der Waals surface area (Å²) in [5, 5.41) is 0. The van der Waals surface area contributed by atoms with Crippen LogP contribution < -0.4 is 0 Å². The predicted molar refractivity (Wildman–Crippen MR) is 165 cm³/mol. The highest BCUT2D eigenvalue weighted by atomic mass is 16.2. The Morgan fingerprint density at radius 1 is 0.846 bits per heavy atom. The maximum atomic E-state index is 13.6. The summed E-state index contributed by atoms with van der Waals surface area (Å²) in [6.45, 7) is 28.2. The molecule has 2 aliphatic heterocycles. The number of amidine groups is 1. The zero-order chi connectivity index (χ0) is 28.5. The summed E-state index contributed by atoms with van der Waals surface area (Å²) in [6, 6.07) is 4.32. The van der Waals surface area contributed by atoms with Gasteiger partial charge in [-0.2, -0.15) is 0 Å². The highest BCUT2D eigenvalue weighted by Crippen LogP contribution is 2.23. The summed E-state index contributed by atoms with van der Waals surface area (Å²) in [4.78, 5) is 27.3. The van der Waals surface area contributed by atoms with E-state index in [0.29, 0.717) is 13.1 Å². The minimum atomic E-state index is 0.126. The van der Waals surface area contributed by atoms with Crippen molar-refractivity contribution in [1.82, 2.24) is 19.6 Å². The molecule has 2 aliphatic rings. The number of hydrogen-bond acceptors (Lipinski definition) is 4. The third-order valence-corrected chi connectivity index (χ3v) is 7.50. The Hall–Kier alpha value is -3.38. The van der Waals surface area contributed by atoms with Gasteiger partial charge in [-0.15, -0.1) is 0 Å². The van der Waals surface area contributed by atoms with Crippen molar-refractivity contribution in [2.24, 2.45) is 4.99 Å². The molecule has 2 heterocycles. The molecule has 6 heteroatoms. The lowest BCUT2D eigenvalue weighted by Gasteiger charge is -2.38. The molecule has 1 amide bonds. The molecule has 0 aliphatic carbocycles. The summed E-state index contributed by atoms with van der Waals surface area (Å²) in [7, 11) is 0. The average molecular weight is 530 g/mol. The molecule has 6 nitrogen and oxygen atoms in total. The topological polar surface area (TPSA) is 42.4 Å². The van der Waals surface area contributed by atoms with Gasteiger partial charge in [0.15, 0.2) is 0 Å². The number of amides is 1. The number of hydrogen-bond donors (Lipinski definition) is 0. The number of aryl methyl sites for hydroxylation is 2. The van der Waals surface area contributed by atoms with Crippen molar-refractivity contribution in [2.45, 2.75) is 48.1 Å². The quantitative estimate of drug-likeness (QED) is 0.245. The lowest BCUT2D eigenvalue weighted by atomic mass is 9.98. The molecule has 0 radical (unpaired) electrons. The third kappa shape index (κ3) is 7.82. The first kappa shape index (κ1) is 30.2. The van der Waals surface area contributed by atoms with E-state index < -0.39 is 0 Å². The molecular formula is C33H47N5O. The highest BCUT2D eigenvalue weighted by molar-refractivity contribution is 5.98. The average Bonchev–Trinajstić information content (AvgIpc) is 2.91. The first-order chi connectivity index (χ1) is 18.7. The Balaban J connectivity index is 1.66. The van der Waals surface area contributed by atoms with Gasteiger partial charge >= 0.3 is 0 Å². The fourth-order valence-corrected chi connectivity index (χ4v) is 5.29. The van der Waals surface area contributed by atoms with Gasteiger partial charge in [-0.3, -0.25) is 9.69 Å². The normalized spacial score (nSPS) is 17.9. The lowest BCUT2D eigenvalue weighted by molar-refractivity contribution is 0.0691. The number of carbonyl (C=O) groups is 1. The second-order valence-electron chi connectivity index (χ2n) is 10.7. The van der Waals surface area contributed by atoms with Gasteiger partial charge < -0.3 is 14.7 Å². The minimum Gasteiger partial charge on any atom is -0.369 e. The first-order valence-corrected chi connectivity index (χ1v) is 14.1.